The molecule has 3 aromatic rings. The molecule has 0 bridgehead atoms. The van der Waals surface area contributed by atoms with Crippen molar-refractivity contribution in [2.45, 2.75) is 12.4 Å². The van der Waals surface area contributed by atoms with Gasteiger partial charge in [-0.25, -0.2) is 9.78 Å². The fourth-order valence-corrected chi connectivity index (χ4v) is 2.57. The van der Waals surface area contributed by atoms with Crippen molar-refractivity contribution in [2.75, 3.05) is 7.11 Å². The van der Waals surface area contributed by atoms with E-state index in [1.165, 1.54) is 7.11 Å². The molecule has 0 aliphatic carbocycles. The van der Waals surface area contributed by atoms with E-state index in [1.807, 2.05) is 16.7 Å². The molecular formula is C16H14ClN3O2. The molecule has 0 aliphatic heterocycles. The maximum atomic E-state index is 11.7. The molecule has 22 heavy (non-hydrogen) atoms. The molecule has 6 heteroatoms. The van der Waals surface area contributed by atoms with Gasteiger partial charge in [0.15, 0.2) is 0 Å². The van der Waals surface area contributed by atoms with Crippen LogP contribution < -0.4 is 0 Å². The van der Waals surface area contributed by atoms with Crippen LogP contribution in [0.25, 0.3) is 11.0 Å². The van der Waals surface area contributed by atoms with Gasteiger partial charge < -0.3 is 9.30 Å². The average molecular weight is 316 g/mol. The lowest BCUT2D eigenvalue weighted by molar-refractivity contribution is 0.0601. The van der Waals surface area contributed by atoms with Gasteiger partial charge in [-0.3, -0.25) is 4.98 Å². The smallest absolute Gasteiger partial charge is 0.337 e. The summed E-state index contributed by atoms with van der Waals surface area (Å²) in [5.74, 6) is 0.675. The first-order valence-corrected chi connectivity index (χ1v) is 7.28. The maximum Gasteiger partial charge on any atom is 0.337 e. The number of fused-ring (bicyclic) bond motifs is 1. The highest BCUT2D eigenvalue weighted by molar-refractivity contribution is 6.16. The fraction of sp³-hybridized carbons (Fsp3) is 0.188. The van der Waals surface area contributed by atoms with Gasteiger partial charge in [-0.05, 0) is 29.8 Å². The highest BCUT2D eigenvalue weighted by atomic mass is 35.5. The Morgan fingerprint density at radius 2 is 2.23 bits per heavy atom. The van der Waals surface area contributed by atoms with Crippen LogP contribution in [-0.2, 0) is 17.2 Å². The van der Waals surface area contributed by atoms with Gasteiger partial charge in [0.25, 0.3) is 0 Å². The number of esters is 1. The van der Waals surface area contributed by atoms with Crippen molar-refractivity contribution < 1.29 is 9.53 Å². The number of hydrogen-bond acceptors (Lipinski definition) is 4. The molecule has 0 fully saturated rings. The number of benzene rings is 1. The molecule has 0 spiro atoms. The van der Waals surface area contributed by atoms with Crippen LogP contribution in [0.5, 0.6) is 0 Å². The van der Waals surface area contributed by atoms with E-state index in [0.29, 0.717) is 18.0 Å². The summed E-state index contributed by atoms with van der Waals surface area (Å²) in [6.07, 6.45) is 3.53. The van der Waals surface area contributed by atoms with Crippen LogP contribution in [0, 0.1) is 0 Å². The first kappa shape index (κ1) is 14.5. The molecule has 0 unspecified atom stereocenters. The number of hydrogen-bond donors (Lipinski definition) is 0. The van der Waals surface area contributed by atoms with Gasteiger partial charge in [-0.1, -0.05) is 6.07 Å². The van der Waals surface area contributed by atoms with Gasteiger partial charge in [-0.2, -0.15) is 0 Å². The third-order valence-corrected chi connectivity index (χ3v) is 3.67. The van der Waals surface area contributed by atoms with Gasteiger partial charge >= 0.3 is 5.97 Å². The zero-order valence-corrected chi connectivity index (χ0v) is 12.7. The third kappa shape index (κ3) is 2.67. The summed E-state index contributed by atoms with van der Waals surface area (Å²) in [5.41, 5.74) is 3.18. The molecule has 3 rings (SSSR count). The second kappa shape index (κ2) is 6.15. The summed E-state index contributed by atoms with van der Waals surface area (Å²) < 4.78 is 6.76. The van der Waals surface area contributed by atoms with Crippen LogP contribution in [0.15, 0.2) is 42.7 Å². The van der Waals surface area contributed by atoms with E-state index in [-0.39, 0.29) is 5.97 Å². The zero-order chi connectivity index (χ0) is 15.5. The van der Waals surface area contributed by atoms with Crippen LogP contribution >= 0.6 is 11.6 Å². The van der Waals surface area contributed by atoms with E-state index in [2.05, 4.69) is 9.97 Å². The number of carbonyl (C=O) groups is 1. The van der Waals surface area contributed by atoms with Crippen LogP contribution in [0.3, 0.4) is 0 Å². The monoisotopic (exact) mass is 315 g/mol. The summed E-state index contributed by atoms with van der Waals surface area (Å²) in [6.45, 7) is 0.594. The molecular weight excluding hydrogens is 302 g/mol. The van der Waals surface area contributed by atoms with Gasteiger partial charge in [0.2, 0.25) is 0 Å². The van der Waals surface area contributed by atoms with Crippen molar-refractivity contribution in [1.82, 2.24) is 14.5 Å². The van der Waals surface area contributed by atoms with Gasteiger partial charge in [0.05, 0.1) is 36.1 Å². The highest BCUT2D eigenvalue weighted by Crippen LogP contribution is 2.21. The average Bonchev–Trinajstić information content (AvgIpc) is 2.92. The fourth-order valence-electron chi connectivity index (χ4n) is 2.37. The van der Waals surface area contributed by atoms with E-state index in [1.54, 1.807) is 30.6 Å². The first-order valence-electron chi connectivity index (χ1n) is 6.75. The maximum absolute atomic E-state index is 11.7. The molecule has 0 saturated carbocycles. The van der Waals surface area contributed by atoms with Crippen molar-refractivity contribution in [3.05, 3.63) is 59.7 Å². The Labute approximate surface area is 132 Å². The molecule has 0 amide bonds. The van der Waals surface area contributed by atoms with E-state index in [0.717, 1.165) is 22.4 Å². The standard InChI is InChI=1S/C16H14ClN3O2/c1-22-16(21)12-4-5-13-14(7-12)20(15(8-17)19-13)10-11-3-2-6-18-9-11/h2-7,9H,8,10H2,1H3. The minimum absolute atomic E-state index is 0.294. The van der Waals surface area contributed by atoms with Gasteiger partial charge in [0, 0.05) is 12.4 Å². The largest absolute Gasteiger partial charge is 0.465 e. The molecule has 0 aliphatic rings. The molecule has 5 nitrogen and oxygen atoms in total. The van der Waals surface area contributed by atoms with Crippen molar-refractivity contribution in [1.29, 1.82) is 0 Å². The lowest BCUT2D eigenvalue weighted by Crippen LogP contribution is -2.05. The molecule has 0 saturated heterocycles. The lowest BCUT2D eigenvalue weighted by Gasteiger charge is -2.08. The molecule has 112 valence electrons. The van der Waals surface area contributed by atoms with Crippen molar-refractivity contribution in [3.8, 4) is 0 Å². The third-order valence-electron chi connectivity index (χ3n) is 3.43. The van der Waals surface area contributed by atoms with E-state index in [9.17, 15) is 4.79 Å². The number of nitrogens with zero attached hydrogens (tertiary/aromatic N) is 3. The van der Waals surface area contributed by atoms with E-state index in [4.69, 9.17) is 16.3 Å². The first-order chi connectivity index (χ1) is 10.7. The van der Waals surface area contributed by atoms with Crippen LogP contribution in [-0.4, -0.2) is 27.6 Å². The molecule has 0 N–H and O–H groups in total. The highest BCUT2D eigenvalue weighted by Gasteiger charge is 2.13. The number of aromatic nitrogens is 3. The van der Waals surface area contributed by atoms with Crippen molar-refractivity contribution >= 4 is 28.6 Å². The Morgan fingerprint density at radius 1 is 1.36 bits per heavy atom. The van der Waals surface area contributed by atoms with Gasteiger partial charge in [0.1, 0.15) is 5.82 Å². The number of rotatable bonds is 4. The molecule has 2 aromatic heterocycles. The Kier molecular flexibility index (Phi) is 4.06. The van der Waals surface area contributed by atoms with E-state index < -0.39 is 0 Å². The molecule has 1 aromatic carbocycles. The zero-order valence-electron chi connectivity index (χ0n) is 12.0. The predicted molar refractivity (Wildman–Crippen MR) is 84.0 cm³/mol. The molecule has 2 heterocycles. The Hall–Kier alpha value is -2.40. The van der Waals surface area contributed by atoms with Crippen LogP contribution in [0.4, 0.5) is 0 Å². The second-order valence-electron chi connectivity index (χ2n) is 4.80. The Balaban J connectivity index is 2.11. The Bertz CT molecular complexity index is 815. The number of ether oxygens (including phenoxy) is 1. The minimum atomic E-state index is -0.372. The number of alkyl halides is 1. The number of carbonyl (C=O) groups excluding carboxylic acids is 1. The minimum Gasteiger partial charge on any atom is -0.465 e. The summed E-state index contributed by atoms with van der Waals surface area (Å²) in [5, 5.41) is 0. The summed E-state index contributed by atoms with van der Waals surface area (Å²) in [4.78, 5) is 20.3. The number of methoxy groups -OCH3 is 1. The summed E-state index contributed by atoms with van der Waals surface area (Å²) in [6, 6.07) is 9.15. The molecule has 0 radical (unpaired) electrons. The number of imidazole rings is 1. The van der Waals surface area contributed by atoms with Crippen molar-refractivity contribution in [3.63, 3.8) is 0 Å². The van der Waals surface area contributed by atoms with Crippen LogP contribution in [0.2, 0.25) is 0 Å². The number of halogens is 1. The quantitative estimate of drug-likeness (QED) is 0.548. The van der Waals surface area contributed by atoms with Crippen molar-refractivity contribution in [2.24, 2.45) is 0 Å². The second-order valence-corrected chi connectivity index (χ2v) is 5.07. The molecule has 0 atom stereocenters. The van der Waals surface area contributed by atoms with E-state index >= 15 is 0 Å². The summed E-state index contributed by atoms with van der Waals surface area (Å²) >= 11 is 6.01. The topological polar surface area (TPSA) is 57.0 Å². The number of pyridine rings is 1. The summed E-state index contributed by atoms with van der Waals surface area (Å²) in [7, 11) is 1.36. The predicted octanol–water partition coefficient (Wildman–Crippen LogP) is 3.01. The SMILES string of the molecule is COC(=O)c1ccc2nc(CCl)n(Cc3cccnc3)c2c1. The lowest BCUT2D eigenvalue weighted by atomic mass is 10.2. The van der Waals surface area contributed by atoms with Gasteiger partial charge in [-0.15, -0.1) is 11.6 Å². The Morgan fingerprint density at radius 3 is 2.91 bits per heavy atom. The van der Waals surface area contributed by atoms with Crippen LogP contribution in [0.1, 0.15) is 21.7 Å². The normalized spacial score (nSPS) is 10.8.